The lowest BCUT2D eigenvalue weighted by Crippen LogP contribution is -2.27. The van der Waals surface area contributed by atoms with E-state index in [0.29, 0.717) is 0 Å². The van der Waals surface area contributed by atoms with Gasteiger partial charge in [0.1, 0.15) is 0 Å². The molecule has 15 heavy (non-hydrogen) atoms. The van der Waals surface area contributed by atoms with Crippen LogP contribution in [0, 0.1) is 11.8 Å². The number of amidine groups is 1. The van der Waals surface area contributed by atoms with Crippen LogP contribution in [-0.2, 0) is 0 Å². The Balaban J connectivity index is 1.61. The zero-order chi connectivity index (χ0) is 10.5. The molecule has 1 fully saturated rings. The number of rotatable bonds is 3. The molecule has 1 N–H and O–H groups in total. The first kappa shape index (κ1) is 11.3. The van der Waals surface area contributed by atoms with E-state index in [1.165, 1.54) is 43.0 Å². The van der Waals surface area contributed by atoms with Gasteiger partial charge in [-0.25, -0.2) is 0 Å². The Kier molecular flexibility index (Phi) is 4.36. The molecule has 2 nitrogen and oxygen atoms in total. The summed E-state index contributed by atoms with van der Waals surface area (Å²) in [6, 6.07) is 0. The SMILES string of the molecule is CC1CN=C(NCCC2CCCC2)SC1. The standard InChI is InChI=1S/C12H22N2S/c1-10-8-14-12(15-9-10)13-7-6-11-4-2-3-5-11/h10-11H,2-9H2,1H3,(H,13,14). The Bertz CT molecular complexity index is 222. The van der Waals surface area contributed by atoms with E-state index >= 15 is 0 Å². The average Bonchev–Trinajstić information content (AvgIpc) is 2.74. The second kappa shape index (κ2) is 5.78. The van der Waals surface area contributed by atoms with E-state index in [2.05, 4.69) is 17.2 Å². The maximum absolute atomic E-state index is 4.54. The lowest BCUT2D eigenvalue weighted by atomic mass is 10.0. The molecule has 1 heterocycles. The van der Waals surface area contributed by atoms with Crippen molar-refractivity contribution < 1.29 is 0 Å². The molecule has 0 radical (unpaired) electrons. The molecule has 1 aliphatic carbocycles. The minimum atomic E-state index is 0.760. The van der Waals surface area contributed by atoms with Crippen molar-refractivity contribution in [2.45, 2.75) is 39.0 Å². The van der Waals surface area contributed by atoms with Gasteiger partial charge in [-0.3, -0.25) is 4.99 Å². The van der Waals surface area contributed by atoms with Crippen LogP contribution in [-0.4, -0.2) is 24.0 Å². The smallest absolute Gasteiger partial charge is 0.156 e. The van der Waals surface area contributed by atoms with E-state index in [0.717, 1.165) is 24.9 Å². The van der Waals surface area contributed by atoms with E-state index in [1.807, 2.05) is 11.8 Å². The van der Waals surface area contributed by atoms with Crippen LogP contribution in [0.15, 0.2) is 4.99 Å². The van der Waals surface area contributed by atoms with E-state index < -0.39 is 0 Å². The topological polar surface area (TPSA) is 24.4 Å². The molecule has 1 aliphatic heterocycles. The van der Waals surface area contributed by atoms with E-state index in [1.54, 1.807) is 0 Å². The quantitative estimate of drug-likeness (QED) is 0.800. The highest BCUT2D eigenvalue weighted by Crippen LogP contribution is 2.27. The van der Waals surface area contributed by atoms with Gasteiger partial charge < -0.3 is 5.32 Å². The van der Waals surface area contributed by atoms with Gasteiger partial charge in [-0.1, -0.05) is 44.4 Å². The molecule has 2 rings (SSSR count). The number of aliphatic imine (C=N–C) groups is 1. The van der Waals surface area contributed by atoms with Gasteiger partial charge >= 0.3 is 0 Å². The van der Waals surface area contributed by atoms with Crippen molar-refractivity contribution in [3.63, 3.8) is 0 Å². The first-order valence-electron chi connectivity index (χ1n) is 6.25. The largest absolute Gasteiger partial charge is 0.365 e. The van der Waals surface area contributed by atoms with Crippen molar-refractivity contribution in [2.24, 2.45) is 16.8 Å². The molecule has 3 heteroatoms. The molecule has 0 bridgehead atoms. The second-order valence-corrected chi connectivity index (χ2v) is 5.94. The van der Waals surface area contributed by atoms with Crippen LogP contribution in [0.1, 0.15) is 39.0 Å². The number of hydrogen-bond acceptors (Lipinski definition) is 3. The summed E-state index contributed by atoms with van der Waals surface area (Å²) in [6.07, 6.45) is 7.17. The minimum Gasteiger partial charge on any atom is -0.365 e. The Hall–Kier alpha value is -0.180. The lowest BCUT2D eigenvalue weighted by molar-refractivity contribution is 0.500. The van der Waals surface area contributed by atoms with Crippen molar-refractivity contribution in [3.8, 4) is 0 Å². The van der Waals surface area contributed by atoms with E-state index in [4.69, 9.17) is 0 Å². The van der Waals surface area contributed by atoms with Crippen LogP contribution < -0.4 is 5.32 Å². The normalized spacial score (nSPS) is 27.8. The van der Waals surface area contributed by atoms with Crippen molar-refractivity contribution in [2.75, 3.05) is 18.8 Å². The van der Waals surface area contributed by atoms with Gasteiger partial charge in [0.05, 0.1) is 0 Å². The summed E-state index contributed by atoms with van der Waals surface area (Å²) in [7, 11) is 0. The third-order valence-corrected chi connectivity index (χ3v) is 4.64. The highest BCUT2D eigenvalue weighted by Gasteiger charge is 2.15. The van der Waals surface area contributed by atoms with Gasteiger partial charge in [-0.2, -0.15) is 0 Å². The van der Waals surface area contributed by atoms with Crippen LogP contribution in [0.5, 0.6) is 0 Å². The predicted octanol–water partition coefficient (Wildman–Crippen LogP) is 2.90. The molecule has 86 valence electrons. The van der Waals surface area contributed by atoms with Crippen LogP contribution in [0.3, 0.4) is 0 Å². The van der Waals surface area contributed by atoms with Gasteiger partial charge in [-0.15, -0.1) is 0 Å². The molecule has 0 amide bonds. The monoisotopic (exact) mass is 226 g/mol. The molecule has 0 aromatic carbocycles. The maximum Gasteiger partial charge on any atom is 0.156 e. The fourth-order valence-electron chi connectivity index (χ4n) is 2.35. The first-order chi connectivity index (χ1) is 7.34. The number of thioether (sulfide) groups is 1. The molecule has 0 aromatic heterocycles. The third kappa shape index (κ3) is 3.71. The molecule has 1 atom stereocenters. The Labute approximate surface area is 97.3 Å². The van der Waals surface area contributed by atoms with Crippen molar-refractivity contribution in [1.82, 2.24) is 5.32 Å². The predicted molar refractivity (Wildman–Crippen MR) is 68.5 cm³/mol. The zero-order valence-electron chi connectivity index (χ0n) is 9.67. The number of hydrogen-bond donors (Lipinski definition) is 1. The average molecular weight is 226 g/mol. The van der Waals surface area contributed by atoms with E-state index in [9.17, 15) is 0 Å². The van der Waals surface area contributed by atoms with Gasteiger partial charge in [0.25, 0.3) is 0 Å². The molecule has 0 spiro atoms. The second-order valence-electron chi connectivity index (χ2n) is 4.93. The number of nitrogens with one attached hydrogen (secondary N) is 1. The zero-order valence-corrected chi connectivity index (χ0v) is 10.5. The summed E-state index contributed by atoms with van der Waals surface area (Å²) in [5.74, 6) is 2.98. The Morgan fingerprint density at radius 3 is 2.87 bits per heavy atom. The molecule has 1 unspecified atom stereocenters. The van der Waals surface area contributed by atoms with E-state index in [-0.39, 0.29) is 0 Å². The first-order valence-corrected chi connectivity index (χ1v) is 7.24. The summed E-state index contributed by atoms with van der Waals surface area (Å²) in [6.45, 7) is 4.41. The fraction of sp³-hybridized carbons (Fsp3) is 0.917. The molecular weight excluding hydrogens is 204 g/mol. The molecular formula is C12H22N2S. The van der Waals surface area contributed by atoms with Gasteiger partial charge in [0.15, 0.2) is 5.17 Å². The molecule has 1 saturated carbocycles. The third-order valence-electron chi connectivity index (χ3n) is 3.35. The Morgan fingerprint density at radius 2 is 2.20 bits per heavy atom. The number of nitrogens with zero attached hydrogens (tertiary/aromatic N) is 1. The van der Waals surface area contributed by atoms with Gasteiger partial charge in [-0.05, 0) is 18.3 Å². The molecule has 0 aromatic rings. The minimum absolute atomic E-state index is 0.760. The van der Waals surface area contributed by atoms with Crippen molar-refractivity contribution in [3.05, 3.63) is 0 Å². The highest BCUT2D eigenvalue weighted by molar-refractivity contribution is 8.13. The summed E-state index contributed by atoms with van der Waals surface area (Å²) in [5, 5.41) is 4.67. The lowest BCUT2D eigenvalue weighted by Gasteiger charge is -2.18. The van der Waals surface area contributed by atoms with Crippen LogP contribution in [0.4, 0.5) is 0 Å². The van der Waals surface area contributed by atoms with Crippen LogP contribution in [0.25, 0.3) is 0 Å². The highest BCUT2D eigenvalue weighted by atomic mass is 32.2. The van der Waals surface area contributed by atoms with Crippen molar-refractivity contribution in [1.29, 1.82) is 0 Å². The fourth-order valence-corrected chi connectivity index (χ4v) is 3.27. The Morgan fingerprint density at radius 1 is 1.40 bits per heavy atom. The van der Waals surface area contributed by atoms with Gasteiger partial charge in [0.2, 0.25) is 0 Å². The summed E-state index contributed by atoms with van der Waals surface area (Å²) < 4.78 is 0. The summed E-state index contributed by atoms with van der Waals surface area (Å²) in [4.78, 5) is 4.54. The molecule has 0 saturated heterocycles. The van der Waals surface area contributed by atoms with Crippen molar-refractivity contribution >= 4 is 16.9 Å². The molecule has 2 aliphatic rings. The maximum atomic E-state index is 4.54. The van der Waals surface area contributed by atoms with Gasteiger partial charge in [0, 0.05) is 18.8 Å². The summed E-state index contributed by atoms with van der Waals surface area (Å²) >= 11 is 1.89. The van der Waals surface area contributed by atoms with Crippen LogP contribution >= 0.6 is 11.8 Å². The summed E-state index contributed by atoms with van der Waals surface area (Å²) in [5.41, 5.74) is 0. The van der Waals surface area contributed by atoms with Crippen LogP contribution in [0.2, 0.25) is 0 Å².